The van der Waals surface area contributed by atoms with Crippen molar-refractivity contribution in [3.05, 3.63) is 36.0 Å². The lowest BCUT2D eigenvalue weighted by Gasteiger charge is -2.39. The van der Waals surface area contributed by atoms with Gasteiger partial charge in [-0.25, -0.2) is 4.79 Å². The predicted molar refractivity (Wildman–Crippen MR) is 174 cm³/mol. The van der Waals surface area contributed by atoms with Crippen molar-refractivity contribution >= 4 is 17.8 Å². The number of nitrogens with one attached hydrogen (secondary N) is 1. The maximum atomic E-state index is 12.7. The predicted octanol–water partition coefficient (Wildman–Crippen LogP) is 3.73. The van der Waals surface area contributed by atoms with Crippen LogP contribution in [0.2, 0.25) is 0 Å². The third kappa shape index (κ3) is 10.5. The molecule has 11 nitrogen and oxygen atoms in total. The number of carbonyl (C=O) groups excluding carboxylic acids is 3. The molecule has 4 rings (SSSR count). The first-order valence-corrected chi connectivity index (χ1v) is 17.1. The third-order valence-corrected chi connectivity index (χ3v) is 9.59. The summed E-state index contributed by atoms with van der Waals surface area (Å²) >= 11 is 0. The van der Waals surface area contributed by atoms with Crippen molar-refractivity contribution in [3.63, 3.8) is 0 Å². The summed E-state index contributed by atoms with van der Waals surface area (Å²) in [5, 5.41) is 13.9. The second kappa shape index (κ2) is 17.0. The number of piperidine rings is 1. The number of ketones is 1. The summed E-state index contributed by atoms with van der Waals surface area (Å²) in [4.78, 5) is 39.0. The summed E-state index contributed by atoms with van der Waals surface area (Å²) in [5.74, 6) is 0.104. The average Bonchev–Trinajstić information content (AvgIpc) is 3.81. The maximum Gasteiger partial charge on any atom is 0.410 e. The molecule has 4 aliphatic heterocycles. The highest BCUT2D eigenvalue weighted by molar-refractivity contribution is 5.87. The fraction of sp³-hybridized carbons (Fsp3) is 0.743. The van der Waals surface area contributed by atoms with Crippen molar-refractivity contribution in [1.82, 2.24) is 10.2 Å². The van der Waals surface area contributed by atoms with Crippen LogP contribution >= 0.6 is 0 Å². The summed E-state index contributed by atoms with van der Waals surface area (Å²) in [7, 11) is 0. The van der Waals surface area contributed by atoms with Gasteiger partial charge in [-0.05, 0) is 77.8 Å². The number of amides is 2. The lowest BCUT2D eigenvalue weighted by Crippen LogP contribution is -2.50. The molecule has 0 unspecified atom stereocenters. The summed E-state index contributed by atoms with van der Waals surface area (Å²) < 4.78 is 23.6. The van der Waals surface area contributed by atoms with Crippen molar-refractivity contribution in [3.8, 4) is 0 Å². The van der Waals surface area contributed by atoms with Crippen LogP contribution in [0.25, 0.3) is 0 Å². The number of nitrogens with zero attached hydrogens (tertiary/aromatic N) is 1. The Morgan fingerprint density at radius 1 is 1.15 bits per heavy atom. The van der Waals surface area contributed by atoms with E-state index in [0.29, 0.717) is 45.3 Å². The zero-order valence-corrected chi connectivity index (χ0v) is 28.0. The van der Waals surface area contributed by atoms with Crippen LogP contribution < -0.4 is 11.1 Å². The fourth-order valence-electron chi connectivity index (χ4n) is 6.59. The van der Waals surface area contributed by atoms with E-state index in [1.165, 1.54) is 6.08 Å². The van der Waals surface area contributed by atoms with E-state index in [2.05, 4.69) is 18.3 Å². The highest BCUT2D eigenvalue weighted by Gasteiger charge is 2.58. The molecule has 0 aliphatic carbocycles. The van der Waals surface area contributed by atoms with Gasteiger partial charge in [0.1, 0.15) is 29.7 Å². The number of aliphatic hydroxyl groups excluding tert-OH is 1. The monoisotopic (exact) mass is 645 g/mol. The van der Waals surface area contributed by atoms with E-state index < -0.39 is 23.9 Å². The first-order chi connectivity index (χ1) is 22.0. The smallest absolute Gasteiger partial charge is 0.410 e. The standard InChI is InChI=1S/C35H55N3O8/c1-23(11-14-31-33(41)35(22-43-35)21-28(46-31)20-27(39)9-8-16-36)10-13-30-24(2)19-29(26(4)45-30)37-32(40)15-12-25(3)44-34(42)38-17-6-5-7-18-38/h10-12,14-15,24-26,28-31,33,41H,5-9,13,16-22,36H2,1-4H3,(H,37,40)/b14-11+,15-12-,23-10+/t24-,25-,26+,28+,29+,30-,31+,33+,35+/m0/s1. The minimum Gasteiger partial charge on any atom is -0.442 e. The van der Waals surface area contributed by atoms with Gasteiger partial charge in [0.05, 0.1) is 31.0 Å². The Labute approximate surface area is 273 Å². The highest BCUT2D eigenvalue weighted by Crippen LogP contribution is 2.43. The van der Waals surface area contributed by atoms with Gasteiger partial charge in [0.25, 0.3) is 0 Å². The molecule has 0 bridgehead atoms. The molecule has 2 amide bonds. The molecule has 4 heterocycles. The van der Waals surface area contributed by atoms with Gasteiger partial charge >= 0.3 is 6.09 Å². The molecular formula is C35H55N3O8. The number of ether oxygens (including phenoxy) is 4. The van der Waals surface area contributed by atoms with Crippen LogP contribution in [0.5, 0.6) is 0 Å². The van der Waals surface area contributed by atoms with Crippen molar-refractivity contribution in [2.75, 3.05) is 26.2 Å². The third-order valence-electron chi connectivity index (χ3n) is 9.59. The Kier molecular flexibility index (Phi) is 13.4. The number of nitrogens with two attached hydrogens (primary N) is 1. The molecule has 4 aliphatic rings. The lowest BCUT2D eigenvalue weighted by molar-refractivity contribution is -0.144. The second-order valence-electron chi connectivity index (χ2n) is 13.6. The average molecular weight is 646 g/mol. The van der Waals surface area contributed by atoms with Gasteiger partial charge < -0.3 is 40.0 Å². The van der Waals surface area contributed by atoms with E-state index in [1.807, 2.05) is 26.0 Å². The number of rotatable bonds is 13. The van der Waals surface area contributed by atoms with Gasteiger partial charge in [-0.15, -0.1) is 0 Å². The van der Waals surface area contributed by atoms with Crippen molar-refractivity contribution < 1.29 is 38.4 Å². The maximum absolute atomic E-state index is 12.7. The Morgan fingerprint density at radius 3 is 2.59 bits per heavy atom. The number of allylic oxidation sites excluding steroid dienone is 2. The Balaban J connectivity index is 1.21. The lowest BCUT2D eigenvalue weighted by atomic mass is 9.86. The van der Waals surface area contributed by atoms with Crippen LogP contribution in [0.15, 0.2) is 36.0 Å². The Hall–Kier alpha value is -2.57. The molecular weight excluding hydrogens is 590 g/mol. The van der Waals surface area contributed by atoms with Crippen molar-refractivity contribution in [1.29, 1.82) is 0 Å². The van der Waals surface area contributed by atoms with Crippen LogP contribution in [0, 0.1) is 5.92 Å². The minimum atomic E-state index is -0.783. The molecule has 0 aromatic rings. The summed E-state index contributed by atoms with van der Waals surface area (Å²) in [6, 6.07) is -0.128. The van der Waals surface area contributed by atoms with Crippen molar-refractivity contribution in [2.45, 2.75) is 134 Å². The Bertz CT molecular complexity index is 1130. The zero-order valence-electron chi connectivity index (χ0n) is 28.0. The number of hydrogen-bond donors (Lipinski definition) is 3. The molecule has 11 heteroatoms. The summed E-state index contributed by atoms with van der Waals surface area (Å²) in [6.45, 7) is 10.3. The van der Waals surface area contributed by atoms with Crippen LogP contribution in [0.4, 0.5) is 4.79 Å². The first-order valence-electron chi connectivity index (χ1n) is 17.1. The normalized spacial score (nSPS) is 34.2. The van der Waals surface area contributed by atoms with Gasteiger partial charge in [-0.2, -0.15) is 0 Å². The first kappa shape index (κ1) is 36.3. The molecule has 0 saturated carbocycles. The SMILES string of the molecule is CC(/C=C/[C@H]1O[C@H](CC(=O)CCCN)C[C@@]2(CO2)[C@@H]1O)=C\C[C@@H]1O[C@H](C)[C@H](NC(=O)/C=C\[C@H](C)OC(=O)N2CCCCC2)C[C@@H]1C. The van der Waals surface area contributed by atoms with Crippen molar-refractivity contribution in [2.24, 2.45) is 11.7 Å². The zero-order chi connectivity index (χ0) is 33.3. The van der Waals surface area contributed by atoms with Crippen LogP contribution in [0.1, 0.15) is 85.5 Å². The topological polar surface area (TPSA) is 153 Å². The van der Waals surface area contributed by atoms with Crippen LogP contribution in [0.3, 0.4) is 0 Å². The van der Waals surface area contributed by atoms with E-state index in [1.54, 1.807) is 17.9 Å². The van der Waals surface area contributed by atoms with E-state index in [0.717, 1.165) is 44.3 Å². The molecule has 0 radical (unpaired) electrons. The molecule has 0 aromatic carbocycles. The molecule has 4 saturated heterocycles. The summed E-state index contributed by atoms with van der Waals surface area (Å²) in [6.07, 6.45) is 12.9. The number of hydrogen-bond acceptors (Lipinski definition) is 9. The van der Waals surface area contributed by atoms with E-state index in [-0.39, 0.29) is 48.1 Å². The quantitative estimate of drug-likeness (QED) is 0.155. The van der Waals surface area contributed by atoms with Crippen LogP contribution in [-0.4, -0.2) is 102 Å². The number of aliphatic hydroxyl groups is 1. The van der Waals surface area contributed by atoms with Gasteiger partial charge in [-0.1, -0.05) is 30.7 Å². The highest BCUT2D eigenvalue weighted by atomic mass is 16.6. The minimum absolute atomic E-state index is 0.000154. The molecule has 9 atom stereocenters. The number of carbonyl (C=O) groups is 3. The molecule has 4 fully saturated rings. The van der Waals surface area contributed by atoms with Gasteiger partial charge in [0.2, 0.25) is 5.91 Å². The van der Waals surface area contributed by atoms with E-state index in [9.17, 15) is 19.5 Å². The second-order valence-corrected chi connectivity index (χ2v) is 13.6. The van der Waals surface area contributed by atoms with Gasteiger partial charge in [0, 0.05) is 38.4 Å². The Morgan fingerprint density at radius 2 is 1.89 bits per heavy atom. The van der Waals surface area contributed by atoms with Gasteiger partial charge in [-0.3, -0.25) is 9.59 Å². The summed E-state index contributed by atoms with van der Waals surface area (Å²) in [5.41, 5.74) is 5.93. The molecule has 4 N–H and O–H groups in total. The molecule has 1 spiro atoms. The number of Topliss-reactive ketones (excluding diaryl/α,β-unsaturated/α-hetero) is 1. The molecule has 46 heavy (non-hydrogen) atoms. The molecule has 0 aromatic heterocycles. The fourth-order valence-corrected chi connectivity index (χ4v) is 6.59. The largest absolute Gasteiger partial charge is 0.442 e. The number of likely N-dealkylation sites (tertiary alicyclic amines) is 1. The van der Waals surface area contributed by atoms with E-state index in [4.69, 9.17) is 24.7 Å². The van der Waals surface area contributed by atoms with E-state index >= 15 is 0 Å². The number of epoxide rings is 1. The molecule has 258 valence electrons. The van der Waals surface area contributed by atoms with Crippen LogP contribution in [-0.2, 0) is 28.5 Å². The van der Waals surface area contributed by atoms with Gasteiger partial charge in [0.15, 0.2) is 0 Å².